The Balaban J connectivity index is 1.53. The molecule has 0 fully saturated rings. The number of rotatable bonds is 6. The van der Waals surface area contributed by atoms with E-state index in [-0.39, 0.29) is 11.4 Å². The third-order valence-electron chi connectivity index (χ3n) is 4.03. The predicted octanol–water partition coefficient (Wildman–Crippen LogP) is 3.91. The minimum atomic E-state index is -4.46. The lowest BCUT2D eigenvalue weighted by Crippen LogP contribution is -2.41. The Kier molecular flexibility index (Phi) is 6.93. The number of benzene rings is 1. The molecule has 32 heavy (non-hydrogen) atoms. The number of thiazole rings is 1. The maximum atomic E-state index is 12.7. The maximum Gasteiger partial charge on any atom is 0.416 e. The molecular weight excluding hydrogens is 451 g/mol. The van der Waals surface area contributed by atoms with Crippen LogP contribution in [-0.2, 0) is 22.3 Å². The molecule has 2 heterocycles. The van der Waals surface area contributed by atoms with Crippen molar-refractivity contribution in [1.82, 2.24) is 15.6 Å². The first-order valence-corrected chi connectivity index (χ1v) is 9.87. The monoisotopic (exact) mass is 467 g/mol. The van der Waals surface area contributed by atoms with Crippen LogP contribution in [0.4, 0.5) is 18.0 Å². The van der Waals surface area contributed by atoms with Crippen LogP contribution in [-0.4, -0.2) is 29.5 Å². The van der Waals surface area contributed by atoms with Crippen LogP contribution in [0, 0.1) is 6.92 Å². The Labute approximate surface area is 183 Å². The summed E-state index contributed by atoms with van der Waals surface area (Å²) < 4.78 is 48.0. The molecule has 2 aromatic heterocycles. The second-order valence-corrected chi connectivity index (χ2v) is 7.39. The van der Waals surface area contributed by atoms with E-state index in [1.54, 1.807) is 12.1 Å². The fourth-order valence-electron chi connectivity index (χ4n) is 2.50. The van der Waals surface area contributed by atoms with Crippen LogP contribution in [0.5, 0.6) is 0 Å². The number of imide groups is 1. The van der Waals surface area contributed by atoms with Gasteiger partial charge in [0.25, 0.3) is 5.91 Å². The van der Waals surface area contributed by atoms with Crippen molar-refractivity contribution >= 4 is 29.2 Å². The number of amides is 3. The van der Waals surface area contributed by atoms with E-state index in [2.05, 4.69) is 10.3 Å². The van der Waals surface area contributed by atoms with Gasteiger partial charge in [-0.3, -0.25) is 10.1 Å². The molecule has 0 bridgehead atoms. The lowest BCUT2D eigenvalue weighted by atomic mass is 10.1. The molecule has 3 rings (SSSR count). The highest BCUT2D eigenvalue weighted by Crippen LogP contribution is 2.33. The molecule has 0 spiro atoms. The zero-order valence-corrected chi connectivity index (χ0v) is 17.3. The fourth-order valence-corrected chi connectivity index (χ4v) is 3.46. The summed E-state index contributed by atoms with van der Waals surface area (Å²) in [6, 6.07) is 6.84. The molecule has 0 radical (unpaired) electrons. The molecule has 168 valence electrons. The molecule has 0 saturated carbocycles. The number of carbonyl (C=O) groups excluding carboxylic acids is 3. The SMILES string of the molecule is Cc1nc(-c2ccc(C(F)(F)F)cc2)sc1C(=O)OCC(=O)NC(=O)NCc1ccco1. The minimum Gasteiger partial charge on any atom is -0.467 e. The summed E-state index contributed by atoms with van der Waals surface area (Å²) in [7, 11) is 0. The smallest absolute Gasteiger partial charge is 0.416 e. The number of carbonyl (C=O) groups is 3. The highest BCUT2D eigenvalue weighted by molar-refractivity contribution is 7.17. The van der Waals surface area contributed by atoms with E-state index >= 15 is 0 Å². The van der Waals surface area contributed by atoms with Gasteiger partial charge < -0.3 is 14.5 Å². The summed E-state index contributed by atoms with van der Waals surface area (Å²) in [6.45, 7) is 0.890. The Morgan fingerprint density at radius 1 is 1.16 bits per heavy atom. The lowest BCUT2D eigenvalue weighted by molar-refractivity contribution is -0.137. The van der Waals surface area contributed by atoms with Crippen molar-refractivity contribution in [2.24, 2.45) is 0 Å². The van der Waals surface area contributed by atoms with Crippen LogP contribution in [0.3, 0.4) is 0 Å². The van der Waals surface area contributed by atoms with E-state index < -0.39 is 36.3 Å². The molecule has 0 aliphatic carbocycles. The Morgan fingerprint density at radius 3 is 2.50 bits per heavy atom. The Morgan fingerprint density at radius 2 is 1.88 bits per heavy atom. The van der Waals surface area contributed by atoms with Gasteiger partial charge in [0, 0.05) is 5.56 Å². The number of furan rings is 1. The van der Waals surface area contributed by atoms with Gasteiger partial charge in [-0.25, -0.2) is 14.6 Å². The average molecular weight is 467 g/mol. The molecule has 0 saturated heterocycles. The number of aromatic nitrogens is 1. The van der Waals surface area contributed by atoms with Crippen LogP contribution in [0.2, 0.25) is 0 Å². The summed E-state index contributed by atoms with van der Waals surface area (Å²) in [6.07, 6.45) is -3.02. The van der Waals surface area contributed by atoms with Gasteiger partial charge in [-0.1, -0.05) is 12.1 Å². The largest absolute Gasteiger partial charge is 0.467 e. The van der Waals surface area contributed by atoms with Gasteiger partial charge in [-0.15, -0.1) is 11.3 Å². The first kappa shape index (κ1) is 23.0. The van der Waals surface area contributed by atoms with Crippen LogP contribution in [0.15, 0.2) is 47.1 Å². The number of hydrogen-bond donors (Lipinski definition) is 2. The van der Waals surface area contributed by atoms with Crippen LogP contribution in [0.25, 0.3) is 10.6 Å². The molecular formula is C20H16F3N3O5S. The molecule has 1 aromatic carbocycles. The summed E-state index contributed by atoms with van der Waals surface area (Å²) in [5, 5.41) is 4.72. The molecule has 8 nitrogen and oxygen atoms in total. The van der Waals surface area contributed by atoms with Crippen molar-refractivity contribution in [3.8, 4) is 10.6 Å². The van der Waals surface area contributed by atoms with Crippen molar-refractivity contribution in [1.29, 1.82) is 0 Å². The standard InChI is InChI=1S/C20H16F3N3O5S/c1-11-16(32-17(25-11)12-4-6-13(7-5-12)20(21,22)23)18(28)31-10-15(27)26-19(29)24-9-14-3-2-8-30-14/h2-8H,9-10H2,1H3,(H2,24,26,27,29). The van der Waals surface area contributed by atoms with Gasteiger partial charge in [0.15, 0.2) is 6.61 Å². The van der Waals surface area contributed by atoms with Crippen LogP contribution >= 0.6 is 11.3 Å². The van der Waals surface area contributed by atoms with Gasteiger partial charge in [0.1, 0.15) is 15.6 Å². The van der Waals surface area contributed by atoms with Gasteiger partial charge in [-0.05, 0) is 31.2 Å². The van der Waals surface area contributed by atoms with Crippen LogP contribution < -0.4 is 10.6 Å². The van der Waals surface area contributed by atoms with E-state index in [9.17, 15) is 27.6 Å². The Hall–Kier alpha value is -3.67. The number of aryl methyl sites for hydroxylation is 1. The van der Waals surface area contributed by atoms with Gasteiger partial charge in [-0.2, -0.15) is 13.2 Å². The number of nitrogens with zero attached hydrogens (tertiary/aromatic N) is 1. The Bertz CT molecular complexity index is 1110. The number of halogens is 3. The quantitative estimate of drug-likeness (QED) is 0.532. The van der Waals surface area contributed by atoms with Crippen molar-refractivity contribution in [3.05, 3.63) is 64.6 Å². The number of esters is 1. The maximum absolute atomic E-state index is 12.7. The van der Waals surface area contributed by atoms with E-state index in [0.717, 1.165) is 23.5 Å². The summed E-state index contributed by atoms with van der Waals surface area (Å²) in [4.78, 5) is 40.0. The molecule has 0 unspecified atom stereocenters. The third kappa shape index (κ3) is 5.94. The second-order valence-electron chi connectivity index (χ2n) is 6.40. The van der Waals surface area contributed by atoms with E-state index in [4.69, 9.17) is 9.15 Å². The summed E-state index contributed by atoms with van der Waals surface area (Å²) in [5.74, 6) is -1.20. The minimum absolute atomic E-state index is 0.0681. The highest BCUT2D eigenvalue weighted by atomic mass is 32.1. The molecule has 2 N–H and O–H groups in total. The van der Waals surface area contributed by atoms with Gasteiger partial charge >= 0.3 is 18.2 Å². The molecule has 0 aliphatic rings. The summed E-state index contributed by atoms with van der Waals surface area (Å²) >= 11 is 0.918. The average Bonchev–Trinajstić information content (AvgIpc) is 3.39. The van der Waals surface area contributed by atoms with E-state index in [0.29, 0.717) is 22.0 Å². The predicted molar refractivity (Wildman–Crippen MR) is 107 cm³/mol. The number of ether oxygens (including phenoxy) is 1. The first-order chi connectivity index (χ1) is 15.1. The zero-order chi connectivity index (χ0) is 23.3. The second kappa shape index (κ2) is 9.64. The third-order valence-corrected chi connectivity index (χ3v) is 5.22. The first-order valence-electron chi connectivity index (χ1n) is 9.05. The normalized spacial score (nSPS) is 11.1. The van der Waals surface area contributed by atoms with Gasteiger partial charge in [0.2, 0.25) is 0 Å². The number of alkyl halides is 3. The molecule has 12 heteroatoms. The van der Waals surface area contributed by atoms with E-state index in [1.165, 1.54) is 25.3 Å². The van der Waals surface area contributed by atoms with Crippen molar-refractivity contribution in [2.75, 3.05) is 6.61 Å². The molecule has 0 atom stereocenters. The van der Waals surface area contributed by atoms with Crippen molar-refractivity contribution in [3.63, 3.8) is 0 Å². The number of hydrogen-bond acceptors (Lipinski definition) is 7. The topological polar surface area (TPSA) is 111 Å². The van der Waals surface area contributed by atoms with Gasteiger partial charge in [0.05, 0.1) is 24.1 Å². The van der Waals surface area contributed by atoms with Crippen molar-refractivity contribution < 1.29 is 36.7 Å². The molecule has 3 aromatic rings. The van der Waals surface area contributed by atoms with Crippen LogP contribution in [0.1, 0.15) is 26.7 Å². The molecule has 3 amide bonds. The number of nitrogens with one attached hydrogen (secondary N) is 2. The zero-order valence-electron chi connectivity index (χ0n) is 16.5. The van der Waals surface area contributed by atoms with E-state index in [1.807, 2.05) is 5.32 Å². The van der Waals surface area contributed by atoms with Crippen molar-refractivity contribution in [2.45, 2.75) is 19.6 Å². The highest BCUT2D eigenvalue weighted by Gasteiger charge is 2.30. The lowest BCUT2D eigenvalue weighted by Gasteiger charge is -2.06. The number of urea groups is 1. The fraction of sp³-hybridized carbons (Fsp3) is 0.200. The summed E-state index contributed by atoms with van der Waals surface area (Å²) in [5.41, 5.74) is -0.101. The molecule has 0 aliphatic heterocycles.